The van der Waals surface area contributed by atoms with Crippen LogP contribution in [0.3, 0.4) is 0 Å². The Morgan fingerprint density at radius 3 is 2.93 bits per heavy atom. The summed E-state index contributed by atoms with van der Waals surface area (Å²) >= 11 is 3.36. The lowest BCUT2D eigenvalue weighted by atomic mass is 10.1. The van der Waals surface area contributed by atoms with Crippen LogP contribution in [0.4, 0.5) is 0 Å². The van der Waals surface area contributed by atoms with Crippen LogP contribution in [0.25, 0.3) is 0 Å². The predicted molar refractivity (Wildman–Crippen MR) is 62.2 cm³/mol. The molecule has 0 saturated heterocycles. The first kappa shape index (κ1) is 12.2. The maximum atomic E-state index is 8.98. The van der Waals surface area contributed by atoms with Crippen LogP contribution in [0.1, 0.15) is 18.0 Å². The summed E-state index contributed by atoms with van der Waals surface area (Å²) in [5, 5.41) is 20.7. The van der Waals surface area contributed by atoms with E-state index in [0.717, 1.165) is 10.0 Å². The molecule has 2 N–H and O–H groups in total. The zero-order valence-electron chi connectivity index (χ0n) is 8.28. The van der Waals surface area contributed by atoms with E-state index in [1.54, 1.807) is 0 Å². The summed E-state index contributed by atoms with van der Waals surface area (Å²) < 4.78 is 0.962. The van der Waals surface area contributed by atoms with Crippen LogP contribution in [-0.4, -0.2) is 18.3 Å². The van der Waals surface area contributed by atoms with Gasteiger partial charge in [-0.25, -0.2) is 0 Å². The number of aliphatic hydroxyl groups is 1. The van der Waals surface area contributed by atoms with E-state index in [1.807, 2.05) is 24.3 Å². The summed E-state index contributed by atoms with van der Waals surface area (Å²) in [6, 6.07) is 9.53. The van der Waals surface area contributed by atoms with Crippen molar-refractivity contribution in [2.75, 3.05) is 13.2 Å². The molecule has 1 aromatic carbocycles. The molecule has 4 heteroatoms. The van der Waals surface area contributed by atoms with Crippen molar-refractivity contribution in [3.05, 3.63) is 34.3 Å². The number of nitrogens with zero attached hydrogens (tertiary/aromatic N) is 1. The SMILES string of the molecule is N#CC(NCCCO)c1cccc(Br)c1. The van der Waals surface area contributed by atoms with Gasteiger partial charge >= 0.3 is 0 Å². The smallest absolute Gasteiger partial charge is 0.121 e. The molecule has 0 spiro atoms. The molecule has 0 bridgehead atoms. The summed E-state index contributed by atoms with van der Waals surface area (Å²) in [6.45, 7) is 0.783. The van der Waals surface area contributed by atoms with Crippen molar-refractivity contribution in [3.8, 4) is 6.07 Å². The second-order valence-electron chi connectivity index (χ2n) is 3.15. The topological polar surface area (TPSA) is 56.0 Å². The molecule has 0 fully saturated rings. The molecule has 0 aliphatic heterocycles. The molecule has 0 aromatic heterocycles. The van der Waals surface area contributed by atoms with E-state index in [9.17, 15) is 0 Å². The Kier molecular flexibility index (Phi) is 5.33. The van der Waals surface area contributed by atoms with Crippen LogP contribution >= 0.6 is 15.9 Å². The van der Waals surface area contributed by atoms with Gasteiger partial charge in [0.2, 0.25) is 0 Å². The number of rotatable bonds is 5. The summed E-state index contributed by atoms with van der Waals surface area (Å²) in [6.07, 6.45) is 0.659. The number of aliphatic hydroxyl groups excluding tert-OH is 1. The number of hydrogen-bond donors (Lipinski definition) is 2. The Bertz CT molecular complexity index is 349. The molecular weight excluding hydrogens is 256 g/mol. The molecule has 0 aliphatic carbocycles. The van der Waals surface area contributed by atoms with E-state index in [1.165, 1.54) is 0 Å². The number of benzene rings is 1. The van der Waals surface area contributed by atoms with Crippen molar-refractivity contribution >= 4 is 15.9 Å². The Morgan fingerprint density at radius 2 is 2.33 bits per heavy atom. The molecule has 0 saturated carbocycles. The lowest BCUT2D eigenvalue weighted by Crippen LogP contribution is -2.21. The second kappa shape index (κ2) is 6.57. The lowest BCUT2D eigenvalue weighted by Gasteiger charge is -2.11. The standard InChI is InChI=1S/C11H13BrN2O/c12-10-4-1-3-9(7-10)11(8-13)14-5-2-6-15/h1,3-4,7,11,14-15H,2,5-6H2. The third kappa shape index (κ3) is 4.00. The number of nitrogens with one attached hydrogen (secondary N) is 1. The van der Waals surface area contributed by atoms with Gasteiger partial charge in [-0.3, -0.25) is 5.32 Å². The molecule has 1 atom stereocenters. The zero-order valence-corrected chi connectivity index (χ0v) is 9.87. The largest absolute Gasteiger partial charge is 0.396 e. The van der Waals surface area contributed by atoms with Gasteiger partial charge in [0.15, 0.2) is 0 Å². The van der Waals surface area contributed by atoms with E-state index >= 15 is 0 Å². The summed E-state index contributed by atoms with van der Waals surface area (Å²) in [7, 11) is 0. The molecule has 0 aliphatic rings. The van der Waals surface area contributed by atoms with Gasteiger partial charge in [0.25, 0.3) is 0 Å². The maximum Gasteiger partial charge on any atom is 0.121 e. The minimum atomic E-state index is -0.311. The molecule has 15 heavy (non-hydrogen) atoms. The van der Waals surface area contributed by atoms with Crippen molar-refractivity contribution in [1.29, 1.82) is 5.26 Å². The van der Waals surface area contributed by atoms with Crippen LogP contribution in [0.5, 0.6) is 0 Å². The number of halogens is 1. The molecule has 1 rings (SSSR count). The van der Waals surface area contributed by atoms with Gasteiger partial charge in [0, 0.05) is 11.1 Å². The molecular formula is C11H13BrN2O. The number of hydrogen-bond acceptors (Lipinski definition) is 3. The summed E-state index contributed by atoms with van der Waals surface area (Å²) in [5.41, 5.74) is 0.935. The predicted octanol–water partition coefficient (Wildman–Crippen LogP) is 1.99. The van der Waals surface area contributed by atoms with E-state index < -0.39 is 0 Å². The Hall–Kier alpha value is -0.890. The fraction of sp³-hybridized carbons (Fsp3) is 0.364. The van der Waals surface area contributed by atoms with Crippen LogP contribution in [0, 0.1) is 11.3 Å². The average Bonchev–Trinajstić information content (AvgIpc) is 2.24. The highest BCUT2D eigenvalue weighted by Crippen LogP contribution is 2.17. The van der Waals surface area contributed by atoms with Gasteiger partial charge in [0.1, 0.15) is 6.04 Å². The van der Waals surface area contributed by atoms with Gasteiger partial charge in [0.05, 0.1) is 6.07 Å². The first-order valence-electron chi connectivity index (χ1n) is 4.77. The van der Waals surface area contributed by atoms with Crippen LogP contribution in [0.2, 0.25) is 0 Å². The molecule has 0 heterocycles. The molecule has 1 unspecified atom stereocenters. The quantitative estimate of drug-likeness (QED) is 0.804. The van der Waals surface area contributed by atoms with Crippen molar-refractivity contribution in [2.45, 2.75) is 12.5 Å². The van der Waals surface area contributed by atoms with Gasteiger partial charge < -0.3 is 5.11 Å². The van der Waals surface area contributed by atoms with E-state index in [0.29, 0.717) is 13.0 Å². The van der Waals surface area contributed by atoms with Crippen molar-refractivity contribution < 1.29 is 5.11 Å². The fourth-order valence-corrected chi connectivity index (χ4v) is 1.67. The number of nitriles is 1. The third-order valence-corrected chi connectivity index (χ3v) is 2.49. The van der Waals surface area contributed by atoms with Gasteiger partial charge in [-0.15, -0.1) is 0 Å². The van der Waals surface area contributed by atoms with Crippen molar-refractivity contribution in [1.82, 2.24) is 5.32 Å². The lowest BCUT2D eigenvalue weighted by molar-refractivity contribution is 0.285. The monoisotopic (exact) mass is 268 g/mol. The van der Waals surface area contributed by atoms with E-state index in [-0.39, 0.29) is 12.6 Å². The van der Waals surface area contributed by atoms with Gasteiger partial charge in [-0.1, -0.05) is 28.1 Å². The van der Waals surface area contributed by atoms with Crippen LogP contribution in [0.15, 0.2) is 28.7 Å². The first-order chi connectivity index (χ1) is 7.27. The van der Waals surface area contributed by atoms with Crippen LogP contribution in [-0.2, 0) is 0 Å². The van der Waals surface area contributed by atoms with Gasteiger partial charge in [-0.05, 0) is 30.7 Å². The highest BCUT2D eigenvalue weighted by molar-refractivity contribution is 9.10. The summed E-state index contributed by atoms with van der Waals surface area (Å²) in [4.78, 5) is 0. The molecule has 0 amide bonds. The van der Waals surface area contributed by atoms with Gasteiger partial charge in [-0.2, -0.15) is 5.26 Å². The molecule has 0 radical (unpaired) electrons. The van der Waals surface area contributed by atoms with E-state index in [2.05, 4.69) is 27.3 Å². The fourth-order valence-electron chi connectivity index (χ4n) is 1.25. The van der Waals surface area contributed by atoms with Crippen LogP contribution < -0.4 is 5.32 Å². The highest BCUT2D eigenvalue weighted by Gasteiger charge is 2.08. The minimum absolute atomic E-state index is 0.142. The zero-order chi connectivity index (χ0) is 11.1. The molecule has 1 aromatic rings. The average molecular weight is 269 g/mol. The Labute approximate surface area is 97.9 Å². The molecule has 3 nitrogen and oxygen atoms in total. The maximum absolute atomic E-state index is 8.98. The Balaban J connectivity index is 2.63. The minimum Gasteiger partial charge on any atom is -0.396 e. The highest BCUT2D eigenvalue weighted by atomic mass is 79.9. The third-order valence-electron chi connectivity index (χ3n) is 1.99. The van der Waals surface area contributed by atoms with Crippen molar-refractivity contribution in [2.24, 2.45) is 0 Å². The molecule has 80 valence electrons. The summed E-state index contributed by atoms with van der Waals surface area (Å²) in [5.74, 6) is 0. The van der Waals surface area contributed by atoms with Crippen molar-refractivity contribution in [3.63, 3.8) is 0 Å². The first-order valence-corrected chi connectivity index (χ1v) is 5.56. The Morgan fingerprint density at radius 1 is 1.53 bits per heavy atom. The normalized spacial score (nSPS) is 12.1. The second-order valence-corrected chi connectivity index (χ2v) is 4.06. The van der Waals surface area contributed by atoms with E-state index in [4.69, 9.17) is 10.4 Å².